The number of nitrogens with one attached hydrogen (secondary N) is 1. The van der Waals surface area contributed by atoms with Gasteiger partial charge in [-0.15, -0.1) is 0 Å². The number of hydrazine groups is 1. The van der Waals surface area contributed by atoms with Gasteiger partial charge in [-0.25, -0.2) is 4.39 Å². The number of benzene rings is 2. The molecule has 1 aliphatic rings. The zero-order chi connectivity index (χ0) is 15.7. The van der Waals surface area contributed by atoms with Gasteiger partial charge in [-0.1, -0.05) is 41.9 Å². The molecule has 2 amide bonds. The molecule has 1 aliphatic heterocycles. The molecule has 0 spiro atoms. The summed E-state index contributed by atoms with van der Waals surface area (Å²) < 4.78 is 12.9. The van der Waals surface area contributed by atoms with Crippen LogP contribution in [0.4, 0.5) is 10.1 Å². The Morgan fingerprint density at radius 2 is 1.55 bits per heavy atom. The lowest BCUT2D eigenvalue weighted by Gasteiger charge is -2.17. The van der Waals surface area contributed by atoms with E-state index < -0.39 is 17.6 Å². The molecule has 0 saturated carbocycles. The predicted molar refractivity (Wildman–Crippen MR) is 81.1 cm³/mol. The monoisotopic (exact) mass is 316 g/mol. The van der Waals surface area contributed by atoms with E-state index in [0.717, 1.165) is 5.01 Å². The molecule has 3 rings (SSSR count). The van der Waals surface area contributed by atoms with Gasteiger partial charge in [-0.05, 0) is 29.8 Å². The summed E-state index contributed by atoms with van der Waals surface area (Å²) >= 11 is 6.01. The van der Waals surface area contributed by atoms with Crippen LogP contribution in [0.1, 0.15) is 5.56 Å². The van der Waals surface area contributed by atoms with Gasteiger partial charge in [0.15, 0.2) is 0 Å². The number of nitrogens with zero attached hydrogens (tertiary/aromatic N) is 1. The molecule has 0 unspecified atom stereocenters. The SMILES string of the molecule is O=C1C(Cl)=C(c2ccccc2)C(=O)N1Nc1ccc(F)cc1. The third-order valence-electron chi connectivity index (χ3n) is 3.17. The number of carbonyl (C=O) groups excluding carboxylic acids is 2. The van der Waals surface area contributed by atoms with Gasteiger partial charge in [-0.2, -0.15) is 5.01 Å². The Morgan fingerprint density at radius 3 is 2.18 bits per heavy atom. The van der Waals surface area contributed by atoms with Crippen molar-refractivity contribution in [1.29, 1.82) is 0 Å². The van der Waals surface area contributed by atoms with Crippen molar-refractivity contribution in [3.63, 3.8) is 0 Å². The molecule has 22 heavy (non-hydrogen) atoms. The van der Waals surface area contributed by atoms with Crippen molar-refractivity contribution in [2.45, 2.75) is 0 Å². The van der Waals surface area contributed by atoms with Crippen LogP contribution >= 0.6 is 11.6 Å². The molecule has 0 atom stereocenters. The van der Waals surface area contributed by atoms with Gasteiger partial charge in [0.25, 0.3) is 11.8 Å². The molecular weight excluding hydrogens is 307 g/mol. The van der Waals surface area contributed by atoms with Crippen LogP contribution in [-0.4, -0.2) is 16.8 Å². The highest BCUT2D eigenvalue weighted by molar-refractivity contribution is 6.55. The van der Waals surface area contributed by atoms with Crippen molar-refractivity contribution >= 4 is 34.7 Å². The second kappa shape index (κ2) is 5.61. The lowest BCUT2D eigenvalue weighted by Crippen LogP contribution is -2.36. The van der Waals surface area contributed by atoms with Crippen molar-refractivity contribution < 1.29 is 14.0 Å². The van der Waals surface area contributed by atoms with Crippen LogP contribution in [0.5, 0.6) is 0 Å². The normalized spacial score (nSPS) is 14.7. The zero-order valence-electron chi connectivity index (χ0n) is 11.2. The second-order valence-corrected chi connectivity index (χ2v) is 5.00. The number of imide groups is 1. The van der Waals surface area contributed by atoms with Gasteiger partial charge in [0.2, 0.25) is 0 Å². The Balaban J connectivity index is 1.89. The summed E-state index contributed by atoms with van der Waals surface area (Å²) in [4.78, 5) is 24.6. The van der Waals surface area contributed by atoms with Gasteiger partial charge in [-0.3, -0.25) is 15.0 Å². The number of halogens is 2. The molecule has 0 saturated heterocycles. The van der Waals surface area contributed by atoms with Crippen LogP contribution < -0.4 is 5.43 Å². The largest absolute Gasteiger partial charge is 0.292 e. The molecule has 6 heteroatoms. The van der Waals surface area contributed by atoms with E-state index in [0.29, 0.717) is 11.3 Å². The van der Waals surface area contributed by atoms with E-state index in [1.807, 2.05) is 0 Å². The molecule has 1 heterocycles. The molecular formula is C16H10ClFN2O2. The van der Waals surface area contributed by atoms with E-state index in [-0.39, 0.29) is 10.6 Å². The van der Waals surface area contributed by atoms with Gasteiger partial charge in [0.05, 0.1) is 11.3 Å². The molecule has 2 aromatic carbocycles. The van der Waals surface area contributed by atoms with E-state index >= 15 is 0 Å². The summed E-state index contributed by atoms with van der Waals surface area (Å²) in [5.41, 5.74) is 3.75. The molecule has 0 aliphatic carbocycles. The van der Waals surface area contributed by atoms with E-state index in [9.17, 15) is 14.0 Å². The van der Waals surface area contributed by atoms with Crippen molar-refractivity contribution in [2.75, 3.05) is 5.43 Å². The van der Waals surface area contributed by atoms with E-state index in [1.54, 1.807) is 30.3 Å². The maximum atomic E-state index is 12.9. The highest BCUT2D eigenvalue weighted by Gasteiger charge is 2.38. The van der Waals surface area contributed by atoms with Crippen molar-refractivity contribution in [1.82, 2.24) is 5.01 Å². The Hall–Kier alpha value is -2.66. The second-order valence-electron chi connectivity index (χ2n) is 4.62. The summed E-state index contributed by atoms with van der Waals surface area (Å²) in [5.74, 6) is -1.61. The van der Waals surface area contributed by atoms with Gasteiger partial charge in [0.1, 0.15) is 10.8 Å². The van der Waals surface area contributed by atoms with Gasteiger partial charge < -0.3 is 0 Å². The fourth-order valence-electron chi connectivity index (χ4n) is 2.11. The van der Waals surface area contributed by atoms with Crippen LogP contribution in [0, 0.1) is 5.82 Å². The lowest BCUT2D eigenvalue weighted by molar-refractivity contribution is -0.134. The first-order valence-electron chi connectivity index (χ1n) is 6.44. The fourth-order valence-corrected chi connectivity index (χ4v) is 2.39. The Labute approximate surface area is 130 Å². The molecule has 110 valence electrons. The molecule has 2 aromatic rings. The minimum atomic E-state index is -0.644. The summed E-state index contributed by atoms with van der Waals surface area (Å²) in [6, 6.07) is 14.0. The molecule has 0 radical (unpaired) electrons. The topological polar surface area (TPSA) is 49.4 Å². The van der Waals surface area contributed by atoms with E-state index in [4.69, 9.17) is 11.6 Å². The van der Waals surface area contributed by atoms with Crippen LogP contribution in [-0.2, 0) is 9.59 Å². The zero-order valence-corrected chi connectivity index (χ0v) is 12.0. The number of anilines is 1. The number of carbonyl (C=O) groups is 2. The Kier molecular flexibility index (Phi) is 3.65. The quantitative estimate of drug-likeness (QED) is 0.885. The van der Waals surface area contributed by atoms with Gasteiger partial charge >= 0.3 is 0 Å². The van der Waals surface area contributed by atoms with Crippen molar-refractivity contribution in [3.8, 4) is 0 Å². The number of hydrogen-bond donors (Lipinski definition) is 1. The van der Waals surface area contributed by atoms with Crippen LogP contribution in [0.2, 0.25) is 0 Å². The lowest BCUT2D eigenvalue weighted by atomic mass is 10.1. The maximum Gasteiger partial charge on any atom is 0.292 e. The third kappa shape index (κ3) is 2.46. The minimum absolute atomic E-state index is 0.141. The van der Waals surface area contributed by atoms with Crippen LogP contribution in [0.25, 0.3) is 5.57 Å². The highest BCUT2D eigenvalue weighted by atomic mass is 35.5. The fraction of sp³-hybridized carbons (Fsp3) is 0. The average molecular weight is 317 g/mol. The smallest absolute Gasteiger partial charge is 0.288 e. The first-order chi connectivity index (χ1) is 10.6. The molecule has 0 fully saturated rings. The molecule has 1 N–H and O–H groups in total. The summed E-state index contributed by atoms with van der Waals surface area (Å²) in [7, 11) is 0. The third-order valence-corrected chi connectivity index (χ3v) is 3.53. The summed E-state index contributed by atoms with van der Waals surface area (Å²) in [5, 5.41) is 0.670. The van der Waals surface area contributed by atoms with Crippen LogP contribution in [0.3, 0.4) is 0 Å². The average Bonchev–Trinajstić information content (AvgIpc) is 2.74. The van der Waals surface area contributed by atoms with Crippen molar-refractivity contribution in [2.24, 2.45) is 0 Å². The predicted octanol–water partition coefficient (Wildman–Crippen LogP) is 3.17. The van der Waals surface area contributed by atoms with Crippen LogP contribution in [0.15, 0.2) is 59.6 Å². The van der Waals surface area contributed by atoms with E-state index in [1.165, 1.54) is 24.3 Å². The number of amides is 2. The molecule has 0 bridgehead atoms. The van der Waals surface area contributed by atoms with E-state index in [2.05, 4.69) is 5.43 Å². The number of rotatable bonds is 3. The Morgan fingerprint density at radius 1 is 0.909 bits per heavy atom. The van der Waals surface area contributed by atoms with Crippen molar-refractivity contribution in [3.05, 3.63) is 71.0 Å². The standard InChI is InChI=1S/C16H10ClFN2O2/c17-14-13(10-4-2-1-3-5-10)15(21)20(16(14)22)19-12-8-6-11(18)7-9-12/h1-9,19H. The minimum Gasteiger partial charge on any atom is -0.288 e. The first kappa shape index (κ1) is 14.3. The number of hydrogen-bond acceptors (Lipinski definition) is 3. The summed E-state index contributed by atoms with van der Waals surface area (Å²) in [6.45, 7) is 0. The first-order valence-corrected chi connectivity index (χ1v) is 6.82. The highest BCUT2D eigenvalue weighted by Crippen LogP contribution is 2.31. The molecule has 0 aromatic heterocycles. The van der Waals surface area contributed by atoms with Gasteiger partial charge in [0, 0.05) is 0 Å². The maximum absolute atomic E-state index is 12.9. The summed E-state index contributed by atoms with van der Waals surface area (Å²) in [6.07, 6.45) is 0. The Bertz CT molecular complexity index is 772. The molecule has 4 nitrogen and oxygen atoms in total.